The van der Waals surface area contributed by atoms with E-state index in [1.807, 2.05) is 5.32 Å². The van der Waals surface area contributed by atoms with E-state index in [2.05, 4.69) is 0 Å². The van der Waals surface area contributed by atoms with Gasteiger partial charge in [0.1, 0.15) is 23.9 Å². The van der Waals surface area contributed by atoms with Crippen LogP contribution in [0.25, 0.3) is 0 Å². The number of carbonyl (C=O) groups is 4. The Morgan fingerprint density at radius 3 is 2.17 bits per heavy atom. The molecule has 0 spiro atoms. The first-order chi connectivity index (χ1) is 10.7. The van der Waals surface area contributed by atoms with Crippen LogP contribution in [0.15, 0.2) is 18.2 Å². The molecule has 23 heavy (non-hydrogen) atoms. The third-order valence-electron chi connectivity index (χ3n) is 3.13. The summed E-state index contributed by atoms with van der Waals surface area (Å²) >= 11 is 0. The first-order valence-electron chi connectivity index (χ1n) is 6.67. The van der Waals surface area contributed by atoms with Crippen LogP contribution < -0.4 is 5.32 Å². The SMILES string of the molecule is CC(C)N1C(=O)C(=O)N(CC(=O)Nc2c(F)cccc2F)C1=O. The lowest BCUT2D eigenvalue weighted by atomic mass is 10.3. The Balaban J connectivity index is 2.13. The standard InChI is InChI=1S/C14H13F2N3O4/c1-7(2)19-13(22)12(21)18(14(19)23)6-10(20)17-11-8(15)4-3-5-9(11)16/h3-5,7H,6H2,1-2H3,(H,17,20). The molecule has 122 valence electrons. The molecule has 0 saturated carbocycles. The fourth-order valence-corrected chi connectivity index (χ4v) is 2.06. The average Bonchev–Trinajstić information content (AvgIpc) is 2.67. The molecule has 0 aliphatic carbocycles. The maximum Gasteiger partial charge on any atom is 0.334 e. The maximum absolute atomic E-state index is 13.4. The molecule has 0 aromatic heterocycles. The van der Waals surface area contributed by atoms with E-state index in [4.69, 9.17) is 0 Å². The lowest BCUT2D eigenvalue weighted by molar-refractivity contribution is -0.144. The van der Waals surface area contributed by atoms with Crippen molar-refractivity contribution in [3.05, 3.63) is 29.8 Å². The van der Waals surface area contributed by atoms with E-state index in [0.717, 1.165) is 18.2 Å². The topological polar surface area (TPSA) is 86.8 Å². The Morgan fingerprint density at radius 1 is 1.13 bits per heavy atom. The van der Waals surface area contributed by atoms with Gasteiger partial charge in [-0.2, -0.15) is 0 Å². The molecule has 1 saturated heterocycles. The van der Waals surface area contributed by atoms with Crippen LogP contribution in [0.1, 0.15) is 13.8 Å². The molecule has 0 radical (unpaired) electrons. The monoisotopic (exact) mass is 325 g/mol. The number of hydrogen-bond donors (Lipinski definition) is 1. The summed E-state index contributed by atoms with van der Waals surface area (Å²) in [7, 11) is 0. The quantitative estimate of drug-likeness (QED) is 0.663. The van der Waals surface area contributed by atoms with Gasteiger partial charge in [-0.15, -0.1) is 0 Å². The molecular formula is C14H13F2N3O4. The molecule has 1 heterocycles. The normalized spacial score (nSPS) is 14.9. The highest BCUT2D eigenvalue weighted by molar-refractivity contribution is 6.45. The molecule has 1 fully saturated rings. The van der Waals surface area contributed by atoms with Crippen LogP contribution >= 0.6 is 0 Å². The Hall–Kier alpha value is -2.84. The van der Waals surface area contributed by atoms with E-state index < -0.39 is 53.7 Å². The zero-order chi connectivity index (χ0) is 17.3. The van der Waals surface area contributed by atoms with Gasteiger partial charge < -0.3 is 5.32 Å². The van der Waals surface area contributed by atoms with E-state index in [0.29, 0.717) is 9.80 Å². The molecule has 7 nitrogen and oxygen atoms in total. The summed E-state index contributed by atoms with van der Waals surface area (Å²) in [5, 5.41) is 1.94. The second-order valence-corrected chi connectivity index (χ2v) is 5.09. The van der Waals surface area contributed by atoms with Crippen molar-refractivity contribution in [3.8, 4) is 0 Å². The summed E-state index contributed by atoms with van der Waals surface area (Å²) in [4.78, 5) is 48.3. The molecule has 0 atom stereocenters. The summed E-state index contributed by atoms with van der Waals surface area (Å²) in [5.74, 6) is -5.22. The molecule has 1 N–H and O–H groups in total. The minimum absolute atomic E-state index is 0.427. The highest BCUT2D eigenvalue weighted by atomic mass is 19.1. The van der Waals surface area contributed by atoms with Crippen molar-refractivity contribution in [2.45, 2.75) is 19.9 Å². The zero-order valence-corrected chi connectivity index (χ0v) is 12.3. The molecule has 5 amide bonds. The van der Waals surface area contributed by atoms with Gasteiger partial charge in [-0.3, -0.25) is 19.3 Å². The van der Waals surface area contributed by atoms with Gasteiger partial charge in [-0.25, -0.2) is 18.5 Å². The molecule has 9 heteroatoms. The van der Waals surface area contributed by atoms with Crippen molar-refractivity contribution in [3.63, 3.8) is 0 Å². The fourth-order valence-electron chi connectivity index (χ4n) is 2.06. The van der Waals surface area contributed by atoms with E-state index in [1.165, 1.54) is 13.8 Å². The van der Waals surface area contributed by atoms with E-state index in [-0.39, 0.29) is 0 Å². The molecule has 1 aromatic rings. The summed E-state index contributed by atoms with van der Waals surface area (Å²) in [6.45, 7) is 2.24. The predicted octanol–water partition coefficient (Wildman–Crippen LogP) is 1.10. The minimum atomic E-state index is -1.16. The number of rotatable bonds is 4. The van der Waals surface area contributed by atoms with Gasteiger partial charge in [-0.1, -0.05) is 6.07 Å². The van der Waals surface area contributed by atoms with Crippen molar-refractivity contribution >= 4 is 29.4 Å². The van der Waals surface area contributed by atoms with Gasteiger partial charge in [0.25, 0.3) is 0 Å². The highest BCUT2D eigenvalue weighted by Gasteiger charge is 2.46. The lowest BCUT2D eigenvalue weighted by Gasteiger charge is -2.18. The van der Waals surface area contributed by atoms with Gasteiger partial charge >= 0.3 is 17.8 Å². The second kappa shape index (κ2) is 6.11. The van der Waals surface area contributed by atoms with Gasteiger partial charge in [0.15, 0.2) is 0 Å². The maximum atomic E-state index is 13.4. The first kappa shape index (κ1) is 16.5. The van der Waals surface area contributed by atoms with Crippen LogP contribution in [-0.2, 0) is 14.4 Å². The number of carbonyl (C=O) groups excluding carboxylic acids is 4. The van der Waals surface area contributed by atoms with Crippen LogP contribution in [0.3, 0.4) is 0 Å². The van der Waals surface area contributed by atoms with Crippen molar-refractivity contribution in [1.82, 2.24) is 9.80 Å². The number of hydrogen-bond acceptors (Lipinski definition) is 4. The smallest absolute Gasteiger partial charge is 0.320 e. The number of benzene rings is 1. The Morgan fingerprint density at radius 2 is 1.70 bits per heavy atom. The second-order valence-electron chi connectivity index (χ2n) is 5.09. The van der Waals surface area contributed by atoms with Crippen molar-refractivity contribution in [1.29, 1.82) is 0 Å². The van der Waals surface area contributed by atoms with Crippen LogP contribution in [0.2, 0.25) is 0 Å². The largest absolute Gasteiger partial charge is 0.334 e. The number of para-hydroxylation sites is 1. The molecule has 1 aromatic carbocycles. The van der Waals surface area contributed by atoms with Crippen LogP contribution in [-0.4, -0.2) is 46.1 Å². The third kappa shape index (κ3) is 3.03. The Bertz CT molecular complexity index is 685. The number of nitrogens with zero attached hydrogens (tertiary/aromatic N) is 2. The first-order valence-corrected chi connectivity index (χ1v) is 6.67. The minimum Gasteiger partial charge on any atom is -0.320 e. The molecular weight excluding hydrogens is 312 g/mol. The van der Waals surface area contributed by atoms with Gasteiger partial charge in [0.2, 0.25) is 5.91 Å². The van der Waals surface area contributed by atoms with Crippen LogP contribution in [0, 0.1) is 11.6 Å². The van der Waals surface area contributed by atoms with E-state index >= 15 is 0 Å². The lowest BCUT2D eigenvalue weighted by Crippen LogP contribution is -2.40. The van der Waals surface area contributed by atoms with E-state index in [9.17, 15) is 28.0 Å². The highest BCUT2D eigenvalue weighted by Crippen LogP contribution is 2.19. The molecule has 1 aliphatic heterocycles. The molecule has 2 rings (SSSR count). The predicted molar refractivity (Wildman–Crippen MR) is 74.1 cm³/mol. The summed E-state index contributed by atoms with van der Waals surface area (Å²) in [6.07, 6.45) is 0. The number of amides is 5. The number of anilines is 1. The number of nitrogens with one attached hydrogen (secondary N) is 1. The Labute approximate surface area is 129 Å². The third-order valence-corrected chi connectivity index (χ3v) is 3.13. The summed E-state index contributed by atoms with van der Waals surface area (Å²) in [5.41, 5.74) is -0.691. The van der Waals surface area contributed by atoms with Crippen LogP contribution in [0.5, 0.6) is 0 Å². The van der Waals surface area contributed by atoms with E-state index in [1.54, 1.807) is 0 Å². The number of urea groups is 1. The van der Waals surface area contributed by atoms with Gasteiger partial charge in [0.05, 0.1) is 0 Å². The van der Waals surface area contributed by atoms with Crippen molar-refractivity contribution in [2.24, 2.45) is 0 Å². The zero-order valence-electron chi connectivity index (χ0n) is 12.3. The fraction of sp³-hybridized carbons (Fsp3) is 0.286. The molecule has 0 unspecified atom stereocenters. The van der Waals surface area contributed by atoms with Gasteiger partial charge in [0, 0.05) is 6.04 Å². The van der Waals surface area contributed by atoms with Crippen LogP contribution in [0.4, 0.5) is 19.3 Å². The number of halogens is 2. The summed E-state index contributed by atoms with van der Waals surface area (Å²) < 4.78 is 26.9. The molecule has 1 aliphatic rings. The Kier molecular flexibility index (Phi) is 4.39. The number of imide groups is 2. The summed E-state index contributed by atoms with van der Waals surface area (Å²) in [6, 6.07) is 1.49. The van der Waals surface area contributed by atoms with Crippen molar-refractivity contribution in [2.75, 3.05) is 11.9 Å². The van der Waals surface area contributed by atoms with Gasteiger partial charge in [-0.05, 0) is 26.0 Å². The average molecular weight is 325 g/mol. The molecule has 0 bridgehead atoms. The van der Waals surface area contributed by atoms with Crippen molar-refractivity contribution < 1.29 is 28.0 Å².